The predicted molar refractivity (Wildman–Crippen MR) is 112 cm³/mol. The van der Waals surface area contributed by atoms with Crippen LogP contribution in [-0.2, 0) is 0 Å². The van der Waals surface area contributed by atoms with Gasteiger partial charge in [-0.25, -0.2) is 4.98 Å². The van der Waals surface area contributed by atoms with Crippen molar-refractivity contribution in [2.45, 2.75) is 0 Å². The molecule has 0 saturated heterocycles. The van der Waals surface area contributed by atoms with Gasteiger partial charge in [0.25, 0.3) is 0 Å². The van der Waals surface area contributed by atoms with Gasteiger partial charge in [-0.05, 0) is 35.0 Å². The van der Waals surface area contributed by atoms with E-state index in [1.807, 2.05) is 29.6 Å². The normalized spacial score (nSPS) is 11.3. The van der Waals surface area contributed by atoms with Gasteiger partial charge >= 0.3 is 0 Å². The van der Waals surface area contributed by atoms with Crippen molar-refractivity contribution < 1.29 is 0 Å². The van der Waals surface area contributed by atoms with Gasteiger partial charge in [-0.1, -0.05) is 54.1 Å². The van der Waals surface area contributed by atoms with Crippen molar-refractivity contribution >= 4 is 45.1 Å². The van der Waals surface area contributed by atoms with Crippen molar-refractivity contribution in [1.82, 2.24) is 4.98 Å². The molecule has 0 atom stereocenters. The Kier molecular flexibility index (Phi) is 4.84. The molecule has 0 saturated carbocycles. The lowest BCUT2D eigenvalue weighted by molar-refractivity contribution is 1.31. The Morgan fingerprint density at radius 2 is 1.81 bits per heavy atom. The number of hydrogen-bond acceptors (Lipinski definition) is 5. The molecule has 0 aliphatic rings. The lowest BCUT2D eigenvalue weighted by atomic mass is 10.0. The second-order valence-corrected chi connectivity index (χ2v) is 7.05. The van der Waals surface area contributed by atoms with Crippen LogP contribution in [0.3, 0.4) is 0 Å². The van der Waals surface area contributed by atoms with E-state index in [-0.39, 0.29) is 5.71 Å². The minimum absolute atomic E-state index is 0.237. The summed E-state index contributed by atoms with van der Waals surface area (Å²) in [5.41, 5.74) is 5.73. The van der Waals surface area contributed by atoms with Crippen molar-refractivity contribution in [3.05, 3.63) is 82.1 Å². The molecule has 0 unspecified atom stereocenters. The molecule has 4 aromatic rings. The van der Waals surface area contributed by atoms with Crippen LogP contribution in [0.5, 0.6) is 0 Å². The van der Waals surface area contributed by atoms with Crippen molar-refractivity contribution in [1.29, 1.82) is 5.26 Å². The van der Waals surface area contributed by atoms with Crippen LogP contribution in [0.1, 0.15) is 5.01 Å². The fourth-order valence-electron chi connectivity index (χ4n) is 2.72. The lowest BCUT2D eigenvalue weighted by Gasteiger charge is -2.03. The van der Waals surface area contributed by atoms with Gasteiger partial charge in [-0.15, -0.1) is 11.3 Å². The number of anilines is 1. The Hall–Kier alpha value is -3.20. The van der Waals surface area contributed by atoms with Crippen LogP contribution in [0.4, 0.5) is 5.69 Å². The Balaban J connectivity index is 1.65. The lowest BCUT2D eigenvalue weighted by Crippen LogP contribution is -2.01. The summed E-state index contributed by atoms with van der Waals surface area (Å²) in [4.78, 5) is 4.63. The van der Waals surface area contributed by atoms with E-state index in [9.17, 15) is 5.26 Å². The molecule has 0 fully saturated rings. The summed E-state index contributed by atoms with van der Waals surface area (Å²) in [6.45, 7) is 0. The molecule has 0 bridgehead atoms. The van der Waals surface area contributed by atoms with Gasteiger partial charge < -0.3 is 0 Å². The third kappa shape index (κ3) is 3.68. The van der Waals surface area contributed by atoms with Crippen LogP contribution in [0.2, 0.25) is 5.02 Å². The SMILES string of the molecule is N#C/C(=N\Nc1ccc(Cl)cc1)c1nc(-c2cccc3ccccc23)cs1. The van der Waals surface area contributed by atoms with Gasteiger partial charge in [0.05, 0.1) is 11.4 Å². The van der Waals surface area contributed by atoms with E-state index >= 15 is 0 Å². The highest BCUT2D eigenvalue weighted by molar-refractivity contribution is 7.12. The monoisotopic (exact) mass is 388 g/mol. The fourth-order valence-corrected chi connectivity index (χ4v) is 3.60. The summed E-state index contributed by atoms with van der Waals surface area (Å²) in [7, 11) is 0. The van der Waals surface area contributed by atoms with E-state index in [1.165, 1.54) is 11.3 Å². The Labute approximate surface area is 165 Å². The molecule has 27 heavy (non-hydrogen) atoms. The molecule has 0 aliphatic carbocycles. The van der Waals surface area contributed by atoms with Crippen molar-refractivity contribution in [3.63, 3.8) is 0 Å². The van der Waals surface area contributed by atoms with Crippen molar-refractivity contribution in [3.8, 4) is 17.3 Å². The molecule has 3 aromatic carbocycles. The maximum atomic E-state index is 9.48. The van der Waals surface area contributed by atoms with Crippen LogP contribution in [-0.4, -0.2) is 10.7 Å². The van der Waals surface area contributed by atoms with E-state index in [1.54, 1.807) is 24.3 Å². The van der Waals surface area contributed by atoms with E-state index in [0.717, 1.165) is 27.7 Å². The minimum atomic E-state index is 0.237. The van der Waals surface area contributed by atoms with Gasteiger partial charge in [-0.3, -0.25) is 5.43 Å². The standard InChI is InChI=1S/C21H13ClN4S/c22-15-8-10-16(11-9-15)25-26-19(12-23)21-24-20(13-27-21)18-7-3-5-14-4-1-2-6-17(14)18/h1-11,13,25H/b26-19+. The third-order valence-corrected chi connectivity index (χ3v) is 5.12. The largest absolute Gasteiger partial charge is 0.277 e. The summed E-state index contributed by atoms with van der Waals surface area (Å²) in [5.74, 6) is 0. The molecule has 1 N–H and O–H groups in total. The number of nitriles is 1. The van der Waals surface area contributed by atoms with Crippen molar-refractivity contribution in [2.24, 2.45) is 5.10 Å². The van der Waals surface area contributed by atoms with E-state index < -0.39 is 0 Å². The zero-order chi connectivity index (χ0) is 18.6. The highest BCUT2D eigenvalue weighted by Crippen LogP contribution is 2.29. The molecular formula is C21H13ClN4S. The number of rotatable bonds is 4. The molecule has 0 aliphatic heterocycles. The van der Waals surface area contributed by atoms with Gasteiger partial charge in [-0.2, -0.15) is 10.4 Å². The highest BCUT2D eigenvalue weighted by Gasteiger charge is 2.12. The summed E-state index contributed by atoms with van der Waals surface area (Å²) in [6.07, 6.45) is 0. The summed E-state index contributed by atoms with van der Waals surface area (Å²) < 4.78 is 0. The van der Waals surface area contributed by atoms with Gasteiger partial charge in [0.1, 0.15) is 6.07 Å². The molecule has 4 rings (SSSR count). The van der Waals surface area contributed by atoms with E-state index in [0.29, 0.717) is 10.0 Å². The molecule has 0 radical (unpaired) electrons. The topological polar surface area (TPSA) is 61.1 Å². The van der Waals surface area contributed by atoms with Gasteiger partial charge in [0, 0.05) is 16.0 Å². The van der Waals surface area contributed by atoms with E-state index in [4.69, 9.17) is 11.6 Å². The number of fused-ring (bicyclic) bond motifs is 1. The first-order chi connectivity index (χ1) is 13.2. The number of benzene rings is 3. The maximum absolute atomic E-state index is 9.48. The first kappa shape index (κ1) is 17.2. The molecule has 6 heteroatoms. The molecule has 0 amide bonds. The second-order valence-electron chi connectivity index (χ2n) is 5.76. The molecule has 4 nitrogen and oxygen atoms in total. The van der Waals surface area contributed by atoms with Gasteiger partial charge in [0.2, 0.25) is 0 Å². The minimum Gasteiger partial charge on any atom is -0.277 e. The Morgan fingerprint density at radius 1 is 1.04 bits per heavy atom. The smallest absolute Gasteiger partial charge is 0.196 e. The Morgan fingerprint density at radius 3 is 2.63 bits per heavy atom. The first-order valence-electron chi connectivity index (χ1n) is 8.18. The first-order valence-corrected chi connectivity index (χ1v) is 9.44. The zero-order valence-electron chi connectivity index (χ0n) is 14.1. The molecule has 0 spiro atoms. The van der Waals surface area contributed by atoms with Crippen molar-refractivity contribution in [2.75, 3.05) is 5.43 Å². The quantitative estimate of drug-likeness (QED) is 0.346. The summed E-state index contributed by atoms with van der Waals surface area (Å²) in [5, 5.41) is 19.1. The number of hydrazone groups is 1. The average molecular weight is 389 g/mol. The van der Waals surface area contributed by atoms with Crippen LogP contribution in [0.15, 0.2) is 77.2 Å². The Bertz CT molecular complexity index is 1170. The average Bonchev–Trinajstić information content (AvgIpc) is 3.19. The summed E-state index contributed by atoms with van der Waals surface area (Å²) in [6, 6.07) is 23.5. The zero-order valence-corrected chi connectivity index (χ0v) is 15.6. The van der Waals surface area contributed by atoms with Crippen LogP contribution in [0, 0.1) is 11.3 Å². The number of halogens is 1. The molecule has 1 aromatic heterocycles. The number of hydrogen-bond donors (Lipinski definition) is 1. The van der Waals surface area contributed by atoms with Crippen LogP contribution in [0.25, 0.3) is 22.0 Å². The fraction of sp³-hybridized carbons (Fsp3) is 0. The van der Waals surface area contributed by atoms with E-state index in [2.05, 4.69) is 39.8 Å². The number of nitrogens with zero attached hydrogens (tertiary/aromatic N) is 3. The predicted octanol–water partition coefficient (Wildman–Crippen LogP) is 5.96. The molecule has 1 heterocycles. The third-order valence-electron chi connectivity index (χ3n) is 4.02. The number of nitrogens with one attached hydrogen (secondary N) is 1. The van der Waals surface area contributed by atoms with Crippen LogP contribution >= 0.6 is 22.9 Å². The molecular weight excluding hydrogens is 376 g/mol. The van der Waals surface area contributed by atoms with Gasteiger partial charge in [0.15, 0.2) is 10.7 Å². The highest BCUT2D eigenvalue weighted by atomic mass is 35.5. The number of aromatic nitrogens is 1. The van der Waals surface area contributed by atoms with Crippen LogP contribution < -0.4 is 5.43 Å². The second kappa shape index (κ2) is 7.58. The number of thiazole rings is 1. The summed E-state index contributed by atoms with van der Waals surface area (Å²) >= 11 is 7.27. The maximum Gasteiger partial charge on any atom is 0.196 e. The molecule has 130 valence electrons.